The van der Waals surface area contributed by atoms with E-state index in [0.29, 0.717) is 16.7 Å². The molecule has 4 heterocycles. The highest BCUT2D eigenvalue weighted by Gasteiger charge is 2.56. The quantitative estimate of drug-likeness (QED) is 0.248. The van der Waals surface area contributed by atoms with E-state index in [-0.39, 0.29) is 33.8 Å². The minimum atomic E-state index is -4.19. The molecule has 5 atom stereocenters. The zero-order valence-corrected chi connectivity index (χ0v) is 23.6. The van der Waals surface area contributed by atoms with Crippen molar-refractivity contribution in [3.8, 4) is 6.07 Å². The van der Waals surface area contributed by atoms with Crippen LogP contribution in [0.2, 0.25) is 5.15 Å². The number of pyridine rings is 1. The summed E-state index contributed by atoms with van der Waals surface area (Å²) < 4.78 is 44.8. The van der Waals surface area contributed by atoms with Crippen molar-refractivity contribution in [2.75, 3.05) is 16.6 Å². The molecule has 1 aromatic carbocycles. The van der Waals surface area contributed by atoms with Crippen molar-refractivity contribution in [1.82, 2.24) is 14.8 Å². The maximum atomic E-state index is 13.4. The zero-order chi connectivity index (χ0) is 28.1. The minimum Gasteiger partial charge on any atom is -0.377 e. The first-order valence-corrected chi connectivity index (χ1v) is 15.3. The summed E-state index contributed by atoms with van der Waals surface area (Å²) in [6.07, 6.45) is -0.877. The van der Waals surface area contributed by atoms with E-state index in [2.05, 4.69) is 21.5 Å². The molecule has 39 heavy (non-hydrogen) atoms. The second-order valence-corrected chi connectivity index (χ2v) is 13.3. The Kier molecular flexibility index (Phi) is 7.69. The molecule has 2 aromatic heterocycles. The van der Waals surface area contributed by atoms with Gasteiger partial charge in [0, 0.05) is 11.8 Å². The molecule has 2 aliphatic heterocycles. The van der Waals surface area contributed by atoms with Crippen molar-refractivity contribution in [3.63, 3.8) is 0 Å². The number of aromatic nitrogens is 3. The highest BCUT2D eigenvalue weighted by atomic mass is 35.5. The Morgan fingerprint density at radius 2 is 2.00 bits per heavy atom. The number of anilines is 1. The van der Waals surface area contributed by atoms with Gasteiger partial charge in [-0.15, -0.1) is 11.8 Å². The summed E-state index contributed by atoms with van der Waals surface area (Å²) >= 11 is 7.52. The van der Waals surface area contributed by atoms with E-state index < -0.39 is 37.9 Å². The van der Waals surface area contributed by atoms with Crippen LogP contribution in [0.4, 0.5) is 10.1 Å². The highest BCUT2D eigenvalue weighted by molar-refractivity contribution is 8.04. The number of thioether (sulfide) groups is 1. The summed E-state index contributed by atoms with van der Waals surface area (Å²) in [6.45, 7) is 5.42. The van der Waals surface area contributed by atoms with Gasteiger partial charge in [-0.3, -0.25) is 4.57 Å². The molecule has 2 fully saturated rings. The van der Waals surface area contributed by atoms with Crippen molar-refractivity contribution in [1.29, 1.82) is 5.26 Å². The maximum absolute atomic E-state index is 13.4. The predicted molar refractivity (Wildman–Crippen MR) is 143 cm³/mol. The van der Waals surface area contributed by atoms with Crippen LogP contribution >= 0.6 is 31.0 Å². The summed E-state index contributed by atoms with van der Waals surface area (Å²) in [5.74, 6) is -1.01. The molecule has 0 spiro atoms. The number of ether oxygens (including phenoxy) is 3. The number of benzene rings is 1. The molecule has 3 aromatic rings. The molecule has 0 unspecified atom stereocenters. The van der Waals surface area contributed by atoms with Crippen LogP contribution < -0.4 is 5.32 Å². The first-order chi connectivity index (χ1) is 18.4. The molecule has 11 nitrogen and oxygen atoms in total. The number of nitriles is 1. The number of hydrogen-bond donors (Lipinski definition) is 3. The van der Waals surface area contributed by atoms with Gasteiger partial charge in [0.2, 0.25) is 0 Å². The lowest BCUT2D eigenvalue weighted by Crippen LogP contribution is -2.31. The maximum Gasteiger partial charge on any atom is 0.335 e. The molecule has 208 valence electrons. The number of rotatable bonds is 8. The van der Waals surface area contributed by atoms with Gasteiger partial charge in [-0.05, 0) is 38.5 Å². The smallest absolute Gasteiger partial charge is 0.335 e. The van der Waals surface area contributed by atoms with Crippen molar-refractivity contribution in [2.45, 2.75) is 57.1 Å². The number of halogens is 2. The molecule has 0 amide bonds. The van der Waals surface area contributed by atoms with E-state index in [0.717, 1.165) is 17.3 Å². The van der Waals surface area contributed by atoms with Crippen molar-refractivity contribution < 1.29 is 33.0 Å². The highest BCUT2D eigenvalue weighted by Crippen LogP contribution is 2.46. The SMILES string of the molecule is C[C@H](Nc1c(C#N)c(Cl)nc2c1cnn2[C@@H]1O[C@H](CSCP(=O)(O)O)[C@H]2OC(C)(C)O[C@H]21)c1ccc(F)cc1. The number of hydrogen-bond acceptors (Lipinski definition) is 9. The fourth-order valence-corrected chi connectivity index (χ4v) is 6.89. The Labute approximate surface area is 232 Å². The summed E-state index contributed by atoms with van der Waals surface area (Å²) in [5.41, 5.74) is 1.34. The standard InChI is InChI=1S/C24H26ClFN5O6PS/c1-12(13-4-6-14(26)7-5-13)29-18-15(8-27)21(25)30-22-16(18)9-28-31(22)23-20-19(36-24(2,3)37-20)17(35-23)10-39-11-38(32,33)34/h4-7,9,12,17,19-20,23H,10-11H2,1-3H3,(H,29,30)(H2,32,33,34)/t12-,17+,19+,20+,23+/m0/s1. The van der Waals surface area contributed by atoms with Gasteiger partial charge in [-0.2, -0.15) is 10.4 Å². The van der Waals surface area contributed by atoms with Crippen LogP contribution in [-0.4, -0.2) is 59.9 Å². The Morgan fingerprint density at radius 3 is 2.67 bits per heavy atom. The van der Waals surface area contributed by atoms with Gasteiger partial charge in [-0.1, -0.05) is 23.7 Å². The molecule has 5 rings (SSSR count). The summed E-state index contributed by atoms with van der Waals surface area (Å²) in [5, 5.41) is 18.1. The van der Waals surface area contributed by atoms with E-state index in [1.807, 2.05) is 6.92 Å². The Hall–Kier alpha value is -2.27. The second kappa shape index (κ2) is 10.6. The summed E-state index contributed by atoms with van der Waals surface area (Å²) in [6, 6.07) is 7.81. The third-order valence-electron chi connectivity index (χ3n) is 6.45. The summed E-state index contributed by atoms with van der Waals surface area (Å²) in [7, 11) is -4.19. The third-order valence-corrected chi connectivity index (χ3v) is 9.36. The van der Waals surface area contributed by atoms with E-state index in [4.69, 9.17) is 25.8 Å². The number of nitrogens with one attached hydrogen (secondary N) is 1. The zero-order valence-electron chi connectivity index (χ0n) is 21.1. The molecule has 0 saturated carbocycles. The molecule has 3 N–H and O–H groups in total. The van der Waals surface area contributed by atoms with Crippen LogP contribution in [0.3, 0.4) is 0 Å². The molecular weight excluding hydrogens is 572 g/mol. The van der Waals surface area contributed by atoms with Gasteiger partial charge in [-0.25, -0.2) is 14.1 Å². The lowest BCUT2D eigenvalue weighted by Gasteiger charge is -2.24. The lowest BCUT2D eigenvalue weighted by molar-refractivity contribution is -0.195. The largest absolute Gasteiger partial charge is 0.377 e. The monoisotopic (exact) mass is 597 g/mol. The van der Waals surface area contributed by atoms with Crippen LogP contribution in [0.25, 0.3) is 11.0 Å². The molecule has 2 saturated heterocycles. The second-order valence-electron chi connectivity index (χ2n) is 9.80. The topological polar surface area (TPSA) is 152 Å². The van der Waals surface area contributed by atoms with Crippen LogP contribution in [0.15, 0.2) is 30.5 Å². The fourth-order valence-electron chi connectivity index (χ4n) is 4.80. The van der Waals surface area contributed by atoms with E-state index in [1.165, 1.54) is 16.8 Å². The molecule has 2 aliphatic rings. The third kappa shape index (κ3) is 5.80. The van der Waals surface area contributed by atoms with Crippen molar-refractivity contribution in [2.24, 2.45) is 0 Å². The van der Waals surface area contributed by atoms with Gasteiger partial charge < -0.3 is 29.3 Å². The van der Waals surface area contributed by atoms with Gasteiger partial charge in [0.05, 0.1) is 28.9 Å². The van der Waals surface area contributed by atoms with Crippen LogP contribution in [-0.2, 0) is 18.8 Å². The van der Waals surface area contributed by atoms with E-state index in [9.17, 15) is 24.0 Å². The van der Waals surface area contributed by atoms with Crippen LogP contribution in [0.1, 0.15) is 44.2 Å². The van der Waals surface area contributed by atoms with E-state index >= 15 is 0 Å². The summed E-state index contributed by atoms with van der Waals surface area (Å²) in [4.78, 5) is 22.9. The van der Waals surface area contributed by atoms with Gasteiger partial charge in [0.1, 0.15) is 29.7 Å². The van der Waals surface area contributed by atoms with Crippen LogP contribution in [0, 0.1) is 17.1 Å². The number of nitrogens with zero attached hydrogens (tertiary/aromatic N) is 4. The average Bonchev–Trinajstić information content (AvgIpc) is 3.49. The Bertz CT molecular complexity index is 1480. The van der Waals surface area contributed by atoms with Crippen LogP contribution in [0.5, 0.6) is 0 Å². The molecule has 15 heteroatoms. The van der Waals surface area contributed by atoms with E-state index in [1.54, 1.807) is 32.2 Å². The minimum absolute atomic E-state index is 0.0345. The van der Waals surface area contributed by atoms with Gasteiger partial charge in [0.25, 0.3) is 0 Å². The Balaban J connectivity index is 1.49. The number of fused-ring (bicyclic) bond motifs is 2. The van der Waals surface area contributed by atoms with Gasteiger partial charge >= 0.3 is 7.60 Å². The molecular formula is C24H26ClFN5O6PS. The first kappa shape index (κ1) is 28.3. The molecule has 0 radical (unpaired) electrons. The lowest BCUT2D eigenvalue weighted by atomic mass is 10.1. The Morgan fingerprint density at radius 1 is 1.31 bits per heavy atom. The molecule has 0 aliphatic carbocycles. The first-order valence-electron chi connectivity index (χ1n) is 12.0. The molecule has 0 bridgehead atoms. The van der Waals surface area contributed by atoms with Gasteiger partial charge in [0.15, 0.2) is 22.8 Å². The van der Waals surface area contributed by atoms with Crippen molar-refractivity contribution >= 4 is 47.7 Å². The normalized spacial score (nSPS) is 25.0. The fraction of sp³-hybridized carbons (Fsp3) is 0.458. The predicted octanol–water partition coefficient (Wildman–Crippen LogP) is 4.55. The van der Waals surface area contributed by atoms with Crippen molar-refractivity contribution in [3.05, 3.63) is 52.6 Å². The average molecular weight is 598 g/mol.